The predicted octanol–water partition coefficient (Wildman–Crippen LogP) is 4.91. The quantitative estimate of drug-likeness (QED) is 0.597. The zero-order valence-corrected chi connectivity index (χ0v) is 17.5. The van der Waals surface area contributed by atoms with Gasteiger partial charge in [0.25, 0.3) is 5.91 Å². The minimum atomic E-state index is -1.05. The molecule has 31 heavy (non-hydrogen) atoms. The number of nitrogens with one attached hydrogen (secondary N) is 1. The predicted molar refractivity (Wildman–Crippen MR) is 114 cm³/mol. The lowest BCUT2D eigenvalue weighted by Crippen LogP contribution is -2.42. The molecule has 1 aromatic carbocycles. The van der Waals surface area contributed by atoms with E-state index in [0.717, 1.165) is 29.0 Å². The number of anilines is 1. The van der Waals surface area contributed by atoms with Gasteiger partial charge in [0.2, 0.25) is 0 Å². The molecule has 3 aromatic rings. The van der Waals surface area contributed by atoms with Crippen LogP contribution in [0.25, 0.3) is 10.6 Å². The molecule has 9 heteroatoms. The summed E-state index contributed by atoms with van der Waals surface area (Å²) in [6.07, 6.45) is 3.16. The second kappa shape index (κ2) is 8.76. The van der Waals surface area contributed by atoms with Crippen molar-refractivity contribution in [2.75, 3.05) is 5.32 Å². The van der Waals surface area contributed by atoms with Crippen LogP contribution in [0.2, 0.25) is 0 Å². The maximum atomic E-state index is 14.1. The summed E-state index contributed by atoms with van der Waals surface area (Å²) in [7, 11) is 0. The highest BCUT2D eigenvalue weighted by molar-refractivity contribution is 7.13. The number of thiazole rings is 1. The summed E-state index contributed by atoms with van der Waals surface area (Å²) in [5.74, 6) is -2.23. The number of aromatic nitrogens is 2. The number of benzene rings is 1. The maximum absolute atomic E-state index is 14.1. The summed E-state index contributed by atoms with van der Waals surface area (Å²) in [5.41, 5.74) is 7.06. The SMILES string of the molecule is C[C@@H]1CC(c2ccncc2NC(=O)c2csc(-c3c(F)cccc3F)n2)C[C@H](N)[C@@H]1F. The number of carbonyl (C=O) groups is 1. The van der Waals surface area contributed by atoms with E-state index < -0.39 is 29.8 Å². The van der Waals surface area contributed by atoms with Crippen LogP contribution in [0.3, 0.4) is 0 Å². The van der Waals surface area contributed by atoms with Crippen LogP contribution < -0.4 is 11.1 Å². The van der Waals surface area contributed by atoms with E-state index in [0.29, 0.717) is 18.5 Å². The Morgan fingerprint density at radius 2 is 1.97 bits per heavy atom. The first kappa shape index (κ1) is 21.5. The fraction of sp³-hybridized carbons (Fsp3) is 0.318. The van der Waals surface area contributed by atoms with Crippen molar-refractivity contribution in [3.8, 4) is 10.6 Å². The van der Waals surface area contributed by atoms with E-state index in [-0.39, 0.29) is 28.1 Å². The molecule has 1 aliphatic carbocycles. The second-order valence-electron chi connectivity index (χ2n) is 7.81. The topological polar surface area (TPSA) is 80.9 Å². The molecule has 1 aliphatic rings. The third kappa shape index (κ3) is 4.33. The van der Waals surface area contributed by atoms with Gasteiger partial charge in [0.1, 0.15) is 28.5 Å². The molecule has 1 amide bonds. The van der Waals surface area contributed by atoms with Gasteiger partial charge in [-0.15, -0.1) is 11.3 Å². The summed E-state index contributed by atoms with van der Waals surface area (Å²) in [6, 6.07) is 4.77. The van der Waals surface area contributed by atoms with E-state index in [1.165, 1.54) is 17.6 Å². The minimum Gasteiger partial charge on any atom is -0.325 e. The molecular weight excluding hydrogens is 425 g/mol. The number of alkyl halides is 1. The summed E-state index contributed by atoms with van der Waals surface area (Å²) < 4.78 is 42.2. The van der Waals surface area contributed by atoms with Crippen molar-refractivity contribution in [3.63, 3.8) is 0 Å². The van der Waals surface area contributed by atoms with Crippen molar-refractivity contribution in [1.29, 1.82) is 0 Å². The van der Waals surface area contributed by atoms with Gasteiger partial charge in [0.05, 0.1) is 17.4 Å². The fourth-order valence-corrected chi connectivity index (χ4v) is 4.90. The number of hydrogen-bond donors (Lipinski definition) is 2. The van der Waals surface area contributed by atoms with Gasteiger partial charge in [-0.1, -0.05) is 13.0 Å². The number of hydrogen-bond acceptors (Lipinski definition) is 5. The molecule has 4 atom stereocenters. The summed E-state index contributed by atoms with van der Waals surface area (Å²) in [6.45, 7) is 1.83. The van der Waals surface area contributed by atoms with Gasteiger partial charge in [-0.2, -0.15) is 0 Å². The van der Waals surface area contributed by atoms with Crippen LogP contribution in [0.4, 0.5) is 18.9 Å². The number of rotatable bonds is 4. The molecular formula is C22H21F3N4OS. The van der Waals surface area contributed by atoms with Gasteiger partial charge in [-0.05, 0) is 48.4 Å². The number of pyridine rings is 1. The fourth-order valence-electron chi connectivity index (χ4n) is 4.06. The molecule has 0 aliphatic heterocycles. The van der Waals surface area contributed by atoms with E-state index in [1.54, 1.807) is 12.3 Å². The molecule has 4 rings (SSSR count). The van der Waals surface area contributed by atoms with Gasteiger partial charge in [0, 0.05) is 17.6 Å². The lowest BCUT2D eigenvalue weighted by molar-refractivity contribution is 0.102. The van der Waals surface area contributed by atoms with E-state index in [9.17, 15) is 18.0 Å². The Bertz CT molecular complexity index is 1070. The summed E-state index contributed by atoms with van der Waals surface area (Å²) in [4.78, 5) is 21.0. The van der Waals surface area contributed by atoms with Gasteiger partial charge in [-0.25, -0.2) is 18.2 Å². The lowest BCUT2D eigenvalue weighted by atomic mass is 9.75. The van der Waals surface area contributed by atoms with Crippen molar-refractivity contribution in [2.45, 2.75) is 37.9 Å². The van der Waals surface area contributed by atoms with Crippen molar-refractivity contribution in [2.24, 2.45) is 11.7 Å². The molecule has 1 saturated carbocycles. The molecule has 2 aromatic heterocycles. The van der Waals surface area contributed by atoms with Crippen LogP contribution in [0, 0.1) is 17.6 Å². The third-order valence-corrected chi connectivity index (χ3v) is 6.48. The number of halogens is 3. The van der Waals surface area contributed by atoms with Crippen LogP contribution in [0.5, 0.6) is 0 Å². The Labute approximate surface area is 181 Å². The molecule has 0 saturated heterocycles. The molecule has 3 N–H and O–H groups in total. The Kier molecular flexibility index (Phi) is 6.06. The Balaban J connectivity index is 1.56. The van der Waals surface area contributed by atoms with Crippen LogP contribution >= 0.6 is 11.3 Å². The molecule has 0 bridgehead atoms. The first-order chi connectivity index (χ1) is 14.8. The smallest absolute Gasteiger partial charge is 0.275 e. The largest absolute Gasteiger partial charge is 0.325 e. The molecule has 5 nitrogen and oxygen atoms in total. The van der Waals surface area contributed by atoms with Crippen LogP contribution in [0.15, 0.2) is 42.0 Å². The average molecular weight is 446 g/mol. The Morgan fingerprint density at radius 1 is 1.23 bits per heavy atom. The Hall–Kier alpha value is -2.78. The molecule has 1 unspecified atom stereocenters. The van der Waals surface area contributed by atoms with Gasteiger partial charge in [0.15, 0.2) is 0 Å². The molecule has 0 spiro atoms. The zero-order chi connectivity index (χ0) is 22.1. The number of carbonyl (C=O) groups excluding carboxylic acids is 1. The highest BCUT2D eigenvalue weighted by atomic mass is 32.1. The lowest BCUT2D eigenvalue weighted by Gasteiger charge is -2.35. The van der Waals surface area contributed by atoms with Crippen molar-refractivity contribution in [3.05, 3.63) is 64.9 Å². The zero-order valence-electron chi connectivity index (χ0n) is 16.7. The summed E-state index contributed by atoms with van der Waals surface area (Å²) >= 11 is 0.977. The van der Waals surface area contributed by atoms with E-state index in [4.69, 9.17) is 5.73 Å². The van der Waals surface area contributed by atoms with Crippen LogP contribution in [-0.2, 0) is 0 Å². The molecule has 0 radical (unpaired) electrons. The van der Waals surface area contributed by atoms with Crippen LogP contribution in [-0.4, -0.2) is 28.1 Å². The highest BCUT2D eigenvalue weighted by Crippen LogP contribution is 2.39. The van der Waals surface area contributed by atoms with Gasteiger partial charge in [-0.3, -0.25) is 9.78 Å². The van der Waals surface area contributed by atoms with E-state index in [1.807, 2.05) is 6.92 Å². The molecule has 1 fully saturated rings. The minimum absolute atomic E-state index is 0.0196. The molecule has 2 heterocycles. The van der Waals surface area contributed by atoms with Crippen molar-refractivity contribution in [1.82, 2.24) is 9.97 Å². The van der Waals surface area contributed by atoms with Gasteiger partial charge >= 0.3 is 0 Å². The van der Waals surface area contributed by atoms with Crippen molar-refractivity contribution >= 4 is 22.9 Å². The highest BCUT2D eigenvalue weighted by Gasteiger charge is 2.35. The van der Waals surface area contributed by atoms with Crippen molar-refractivity contribution < 1.29 is 18.0 Å². The maximum Gasteiger partial charge on any atom is 0.275 e. The normalized spacial score (nSPS) is 23.5. The van der Waals surface area contributed by atoms with E-state index in [2.05, 4.69) is 15.3 Å². The number of amides is 1. The third-order valence-electron chi connectivity index (χ3n) is 5.62. The Morgan fingerprint density at radius 3 is 2.68 bits per heavy atom. The molecule has 162 valence electrons. The van der Waals surface area contributed by atoms with Crippen LogP contribution in [0.1, 0.15) is 41.7 Å². The second-order valence-corrected chi connectivity index (χ2v) is 8.66. The van der Waals surface area contributed by atoms with E-state index >= 15 is 0 Å². The number of nitrogens with zero attached hydrogens (tertiary/aromatic N) is 2. The van der Waals surface area contributed by atoms with Gasteiger partial charge < -0.3 is 11.1 Å². The first-order valence-electron chi connectivity index (χ1n) is 9.90. The standard InChI is InChI=1S/C22H21F3N4OS/c1-11-7-12(8-16(26)20(11)25)13-5-6-27-9-17(13)28-21(30)18-10-31-22(29-18)19-14(23)3-2-4-15(19)24/h2-6,9-12,16,20H,7-8,26H2,1H3,(H,28,30)/t11-,12?,16+,20-/m1/s1. The summed E-state index contributed by atoms with van der Waals surface area (Å²) in [5, 5.41) is 4.30. The average Bonchev–Trinajstić information content (AvgIpc) is 3.22. The number of nitrogens with two attached hydrogens (primary N) is 1. The monoisotopic (exact) mass is 446 g/mol. The first-order valence-corrected chi connectivity index (χ1v) is 10.8.